The van der Waals surface area contributed by atoms with Crippen LogP contribution in [0.3, 0.4) is 0 Å². The molecule has 0 saturated carbocycles. The van der Waals surface area contributed by atoms with E-state index in [-0.39, 0.29) is 11.3 Å². The maximum atomic E-state index is 11.2. The summed E-state index contributed by atoms with van der Waals surface area (Å²) < 4.78 is 15.6. The summed E-state index contributed by atoms with van der Waals surface area (Å²) in [5.41, 5.74) is 4.25. The van der Waals surface area contributed by atoms with Crippen molar-refractivity contribution in [1.29, 1.82) is 0 Å². The van der Waals surface area contributed by atoms with Crippen molar-refractivity contribution in [3.05, 3.63) is 47.5 Å². The van der Waals surface area contributed by atoms with Crippen LogP contribution in [-0.4, -0.2) is 37.5 Å². The van der Waals surface area contributed by atoms with Crippen LogP contribution < -0.4 is 19.6 Å². The van der Waals surface area contributed by atoms with Crippen molar-refractivity contribution in [2.45, 2.75) is 6.92 Å². The number of methoxy groups -OCH3 is 2. The smallest absolute Gasteiger partial charge is 0.335 e. The van der Waals surface area contributed by atoms with E-state index in [0.29, 0.717) is 22.7 Å². The van der Waals surface area contributed by atoms with Crippen LogP contribution in [-0.2, 0) is 4.79 Å². The largest absolute Gasteiger partial charge is 0.493 e. The van der Waals surface area contributed by atoms with Gasteiger partial charge in [0.05, 0.1) is 31.7 Å². The average Bonchev–Trinajstić information content (AvgIpc) is 2.62. The molecule has 0 bridgehead atoms. The van der Waals surface area contributed by atoms with Gasteiger partial charge in [0, 0.05) is 12.5 Å². The van der Waals surface area contributed by atoms with E-state index in [2.05, 4.69) is 10.5 Å². The number of carbonyl (C=O) groups excluding carboxylic acids is 1. The van der Waals surface area contributed by atoms with E-state index in [1.54, 1.807) is 24.3 Å². The van der Waals surface area contributed by atoms with E-state index in [4.69, 9.17) is 19.3 Å². The number of benzene rings is 2. The van der Waals surface area contributed by atoms with Crippen LogP contribution >= 0.6 is 0 Å². The van der Waals surface area contributed by atoms with Crippen molar-refractivity contribution in [2.75, 3.05) is 19.6 Å². The molecule has 0 aliphatic carbocycles. The molecule has 8 nitrogen and oxygen atoms in total. The zero-order valence-electron chi connectivity index (χ0n) is 14.5. The molecule has 0 aliphatic rings. The molecule has 0 aromatic heterocycles. The number of aromatic carboxylic acids is 1. The van der Waals surface area contributed by atoms with Gasteiger partial charge in [-0.1, -0.05) is 0 Å². The van der Waals surface area contributed by atoms with Crippen LogP contribution in [0.25, 0.3) is 0 Å². The maximum Gasteiger partial charge on any atom is 0.335 e. The van der Waals surface area contributed by atoms with Crippen molar-refractivity contribution in [3.63, 3.8) is 0 Å². The van der Waals surface area contributed by atoms with Crippen LogP contribution in [0.1, 0.15) is 22.8 Å². The predicted molar refractivity (Wildman–Crippen MR) is 95.5 cm³/mol. The van der Waals surface area contributed by atoms with Gasteiger partial charge in [-0.05, 0) is 36.4 Å². The number of anilines is 1. The first-order valence-corrected chi connectivity index (χ1v) is 7.51. The van der Waals surface area contributed by atoms with Gasteiger partial charge >= 0.3 is 11.9 Å². The monoisotopic (exact) mass is 358 g/mol. The lowest BCUT2D eigenvalue weighted by molar-refractivity contribution is -0.132. The molecule has 0 heterocycles. The molecule has 0 radical (unpaired) electrons. The third-order valence-electron chi connectivity index (χ3n) is 3.27. The van der Waals surface area contributed by atoms with E-state index in [9.17, 15) is 9.59 Å². The highest BCUT2D eigenvalue weighted by Gasteiger charge is 2.15. The summed E-state index contributed by atoms with van der Waals surface area (Å²) in [5, 5.41) is 13.0. The van der Waals surface area contributed by atoms with Crippen molar-refractivity contribution in [3.8, 4) is 17.2 Å². The number of hydrogen-bond acceptors (Lipinski definition) is 7. The molecule has 0 fully saturated rings. The van der Waals surface area contributed by atoms with Gasteiger partial charge in [0.15, 0.2) is 11.5 Å². The SMILES string of the molecule is COc1cc(/C=N\Nc2ccc(C(=O)O)cc2)cc(OC)c1OC(C)=O. The van der Waals surface area contributed by atoms with Gasteiger partial charge in [0.2, 0.25) is 5.75 Å². The molecule has 2 rings (SSSR count). The summed E-state index contributed by atoms with van der Waals surface area (Å²) in [4.78, 5) is 22.0. The van der Waals surface area contributed by atoms with Crippen molar-refractivity contribution in [2.24, 2.45) is 5.10 Å². The van der Waals surface area contributed by atoms with Crippen molar-refractivity contribution in [1.82, 2.24) is 0 Å². The first kappa shape index (κ1) is 18.8. The average molecular weight is 358 g/mol. The van der Waals surface area contributed by atoms with Crippen molar-refractivity contribution < 1.29 is 28.9 Å². The lowest BCUT2D eigenvalue weighted by Gasteiger charge is -2.13. The number of rotatable bonds is 7. The first-order chi connectivity index (χ1) is 12.4. The van der Waals surface area contributed by atoms with Crippen LogP contribution in [0.2, 0.25) is 0 Å². The van der Waals surface area contributed by atoms with E-state index in [1.165, 1.54) is 39.5 Å². The third-order valence-corrected chi connectivity index (χ3v) is 3.27. The summed E-state index contributed by atoms with van der Waals surface area (Å²) in [6.07, 6.45) is 1.52. The fourth-order valence-electron chi connectivity index (χ4n) is 2.09. The van der Waals surface area contributed by atoms with Gasteiger partial charge in [-0.25, -0.2) is 4.79 Å². The summed E-state index contributed by atoms with van der Waals surface area (Å²) in [5.74, 6) is -0.642. The van der Waals surface area contributed by atoms with Crippen LogP contribution in [0.15, 0.2) is 41.5 Å². The number of nitrogens with zero attached hydrogens (tertiary/aromatic N) is 1. The second-order valence-corrected chi connectivity index (χ2v) is 5.10. The Morgan fingerprint density at radius 2 is 1.65 bits per heavy atom. The minimum Gasteiger partial charge on any atom is -0.493 e. The molecule has 0 spiro atoms. The Morgan fingerprint density at radius 3 is 2.12 bits per heavy atom. The highest BCUT2D eigenvalue weighted by Crippen LogP contribution is 2.38. The van der Waals surface area contributed by atoms with Crippen LogP contribution in [0.5, 0.6) is 17.2 Å². The van der Waals surface area contributed by atoms with Gasteiger partial charge in [0.25, 0.3) is 0 Å². The summed E-state index contributed by atoms with van der Waals surface area (Å²) in [7, 11) is 2.90. The Balaban J connectivity index is 2.18. The van der Waals surface area contributed by atoms with Gasteiger partial charge in [-0.15, -0.1) is 0 Å². The molecular weight excluding hydrogens is 340 g/mol. The summed E-state index contributed by atoms with van der Waals surface area (Å²) in [6, 6.07) is 9.43. The standard InChI is InChI=1S/C18H18N2O6/c1-11(21)26-17-15(24-2)8-12(9-16(17)25-3)10-19-20-14-6-4-13(5-7-14)18(22)23/h4-10,20H,1-3H3,(H,22,23)/b19-10-. The molecule has 2 aromatic carbocycles. The van der Waals surface area contributed by atoms with Gasteiger partial charge < -0.3 is 19.3 Å². The Kier molecular flexibility index (Phi) is 6.15. The van der Waals surface area contributed by atoms with Gasteiger partial charge in [-0.2, -0.15) is 5.10 Å². The molecule has 26 heavy (non-hydrogen) atoms. The summed E-state index contributed by atoms with van der Waals surface area (Å²) >= 11 is 0. The molecule has 0 aliphatic heterocycles. The van der Waals surface area contributed by atoms with E-state index < -0.39 is 11.9 Å². The maximum absolute atomic E-state index is 11.2. The normalized spacial score (nSPS) is 10.4. The number of carboxylic acids is 1. The number of esters is 1. The number of carbonyl (C=O) groups is 2. The van der Waals surface area contributed by atoms with Gasteiger partial charge in [0.1, 0.15) is 0 Å². The first-order valence-electron chi connectivity index (χ1n) is 7.51. The minimum absolute atomic E-state index is 0.190. The Labute approximate surface area is 150 Å². The Morgan fingerprint density at radius 1 is 1.08 bits per heavy atom. The van der Waals surface area contributed by atoms with E-state index in [0.717, 1.165) is 0 Å². The zero-order chi connectivity index (χ0) is 19.1. The number of nitrogens with one attached hydrogen (secondary N) is 1. The predicted octanol–water partition coefficient (Wildman–Crippen LogP) is 2.77. The van der Waals surface area contributed by atoms with Crippen LogP contribution in [0.4, 0.5) is 5.69 Å². The quantitative estimate of drug-likeness (QED) is 0.339. The zero-order valence-corrected chi connectivity index (χ0v) is 14.5. The fraction of sp³-hybridized carbons (Fsp3) is 0.167. The second-order valence-electron chi connectivity index (χ2n) is 5.10. The highest BCUT2D eigenvalue weighted by molar-refractivity contribution is 5.88. The molecule has 0 saturated heterocycles. The fourth-order valence-corrected chi connectivity index (χ4v) is 2.09. The third kappa shape index (κ3) is 4.73. The van der Waals surface area contributed by atoms with Crippen LogP contribution in [0, 0.1) is 0 Å². The number of ether oxygens (including phenoxy) is 3. The minimum atomic E-state index is -0.993. The molecule has 0 amide bonds. The molecule has 0 atom stereocenters. The Hall–Kier alpha value is -3.55. The van der Waals surface area contributed by atoms with Crippen molar-refractivity contribution >= 4 is 23.8 Å². The molecule has 136 valence electrons. The van der Waals surface area contributed by atoms with E-state index >= 15 is 0 Å². The number of hydrazone groups is 1. The number of carboxylic acid groups (broad SMARTS) is 1. The molecule has 2 aromatic rings. The molecular formula is C18H18N2O6. The summed E-state index contributed by atoms with van der Waals surface area (Å²) in [6.45, 7) is 1.29. The molecule has 2 N–H and O–H groups in total. The van der Waals surface area contributed by atoms with E-state index in [1.807, 2.05) is 0 Å². The van der Waals surface area contributed by atoms with Gasteiger partial charge in [-0.3, -0.25) is 10.2 Å². The number of hydrogen-bond donors (Lipinski definition) is 2. The molecule has 0 unspecified atom stereocenters. The Bertz CT molecular complexity index is 805. The highest BCUT2D eigenvalue weighted by atomic mass is 16.6. The molecule has 8 heteroatoms. The lowest BCUT2D eigenvalue weighted by atomic mass is 10.2. The topological polar surface area (TPSA) is 106 Å². The second kappa shape index (κ2) is 8.52. The lowest BCUT2D eigenvalue weighted by Crippen LogP contribution is -2.05.